The summed E-state index contributed by atoms with van der Waals surface area (Å²) in [4.78, 5) is 10.7. The summed E-state index contributed by atoms with van der Waals surface area (Å²) in [5, 5.41) is 13.2. The molecule has 2 aromatic rings. The number of fused-ring (bicyclic) bond motifs is 1. The van der Waals surface area contributed by atoms with Crippen molar-refractivity contribution in [2.24, 2.45) is 0 Å². The molecular weight excluding hydrogens is 271 g/mol. The van der Waals surface area contributed by atoms with Gasteiger partial charge in [0.2, 0.25) is 0 Å². The van der Waals surface area contributed by atoms with Crippen LogP contribution in [0.15, 0.2) is 36.4 Å². The van der Waals surface area contributed by atoms with Crippen LogP contribution in [0.5, 0.6) is 5.75 Å². The van der Waals surface area contributed by atoms with E-state index >= 15 is 0 Å². The maximum Gasteiger partial charge on any atom is 0.471 e. The number of carbonyl (C=O) groups is 1. The number of phenols is 1. The summed E-state index contributed by atoms with van der Waals surface area (Å²) in [6.07, 6.45) is -4.77. The number of rotatable bonds is 3. The van der Waals surface area contributed by atoms with Crippen LogP contribution >= 0.6 is 0 Å². The second-order valence-corrected chi connectivity index (χ2v) is 4.29. The van der Waals surface area contributed by atoms with Gasteiger partial charge in [-0.15, -0.1) is 0 Å². The number of benzene rings is 2. The van der Waals surface area contributed by atoms with Gasteiger partial charge in [-0.2, -0.15) is 13.2 Å². The van der Waals surface area contributed by atoms with E-state index in [2.05, 4.69) is 0 Å². The number of aromatic hydroxyl groups is 1. The topological polar surface area (TPSA) is 49.3 Å². The molecule has 0 aliphatic heterocycles. The van der Waals surface area contributed by atoms with Gasteiger partial charge < -0.3 is 10.4 Å². The maximum atomic E-state index is 12.0. The average Bonchev–Trinajstić information content (AvgIpc) is 2.40. The monoisotopic (exact) mass is 283 g/mol. The first-order valence-electron chi connectivity index (χ1n) is 5.94. The Kier molecular flexibility index (Phi) is 3.83. The standard InChI is InChI=1S/C14H12F3NO2/c15-14(16,17)13(20)18-8-7-11-10-4-2-1-3-9(10)5-6-12(11)19/h1-6,19H,7-8H2,(H,18,20). The zero-order valence-corrected chi connectivity index (χ0v) is 10.4. The van der Waals surface area contributed by atoms with E-state index in [0.29, 0.717) is 5.56 Å². The van der Waals surface area contributed by atoms with Gasteiger partial charge in [-0.05, 0) is 23.3 Å². The van der Waals surface area contributed by atoms with Crippen molar-refractivity contribution in [2.45, 2.75) is 12.6 Å². The summed E-state index contributed by atoms with van der Waals surface area (Å²) in [5.41, 5.74) is 0.519. The number of nitrogens with one attached hydrogen (secondary N) is 1. The molecule has 20 heavy (non-hydrogen) atoms. The average molecular weight is 283 g/mol. The number of halogens is 3. The predicted octanol–water partition coefficient (Wildman–Crippen LogP) is 2.77. The normalized spacial score (nSPS) is 11.6. The van der Waals surface area contributed by atoms with Gasteiger partial charge in [-0.1, -0.05) is 30.3 Å². The fourth-order valence-electron chi connectivity index (χ4n) is 1.99. The van der Waals surface area contributed by atoms with Crippen LogP contribution in [0.25, 0.3) is 10.8 Å². The first-order chi connectivity index (χ1) is 9.39. The maximum absolute atomic E-state index is 12.0. The lowest BCUT2D eigenvalue weighted by Crippen LogP contribution is -2.37. The Balaban J connectivity index is 2.14. The molecule has 0 saturated carbocycles. The Morgan fingerprint density at radius 3 is 2.55 bits per heavy atom. The van der Waals surface area contributed by atoms with Crippen molar-refractivity contribution >= 4 is 16.7 Å². The Morgan fingerprint density at radius 2 is 1.85 bits per heavy atom. The highest BCUT2D eigenvalue weighted by Gasteiger charge is 2.38. The van der Waals surface area contributed by atoms with Gasteiger partial charge in [0.15, 0.2) is 0 Å². The molecule has 0 unspecified atom stereocenters. The number of phenolic OH excluding ortho intramolecular Hbond substituents is 1. The van der Waals surface area contributed by atoms with Gasteiger partial charge in [-0.3, -0.25) is 4.79 Å². The largest absolute Gasteiger partial charge is 0.508 e. The van der Waals surface area contributed by atoms with Crippen molar-refractivity contribution in [1.29, 1.82) is 0 Å². The molecule has 0 aliphatic rings. The van der Waals surface area contributed by atoms with Crippen molar-refractivity contribution in [3.63, 3.8) is 0 Å². The summed E-state index contributed by atoms with van der Waals surface area (Å²) < 4.78 is 36.1. The third-order valence-electron chi connectivity index (χ3n) is 2.93. The first-order valence-corrected chi connectivity index (χ1v) is 5.94. The van der Waals surface area contributed by atoms with Crippen molar-refractivity contribution in [1.82, 2.24) is 5.32 Å². The smallest absolute Gasteiger partial charge is 0.471 e. The third-order valence-corrected chi connectivity index (χ3v) is 2.93. The van der Waals surface area contributed by atoms with E-state index < -0.39 is 12.1 Å². The van der Waals surface area contributed by atoms with Crippen LogP contribution in [0.3, 0.4) is 0 Å². The van der Waals surface area contributed by atoms with E-state index in [4.69, 9.17) is 0 Å². The SMILES string of the molecule is O=C(NCCc1c(O)ccc2ccccc12)C(F)(F)F. The Bertz CT molecular complexity index is 638. The number of amides is 1. The summed E-state index contributed by atoms with van der Waals surface area (Å²) in [6.45, 7) is -0.195. The predicted molar refractivity (Wildman–Crippen MR) is 68.4 cm³/mol. The summed E-state index contributed by atoms with van der Waals surface area (Å²) in [6, 6.07) is 10.4. The molecule has 0 bridgehead atoms. The quantitative estimate of drug-likeness (QED) is 0.910. The molecular formula is C14H12F3NO2. The van der Waals surface area contributed by atoms with Crippen LogP contribution < -0.4 is 5.32 Å². The van der Waals surface area contributed by atoms with Crippen LogP contribution in [-0.4, -0.2) is 23.7 Å². The van der Waals surface area contributed by atoms with Crippen molar-refractivity contribution in [3.05, 3.63) is 42.0 Å². The van der Waals surface area contributed by atoms with E-state index in [-0.39, 0.29) is 18.7 Å². The highest BCUT2D eigenvalue weighted by molar-refractivity contribution is 5.87. The molecule has 0 heterocycles. The van der Waals surface area contributed by atoms with Gasteiger partial charge in [0.1, 0.15) is 5.75 Å². The lowest BCUT2D eigenvalue weighted by molar-refractivity contribution is -0.173. The molecule has 1 amide bonds. The fraction of sp³-hybridized carbons (Fsp3) is 0.214. The van der Waals surface area contributed by atoms with Gasteiger partial charge in [-0.25, -0.2) is 0 Å². The summed E-state index contributed by atoms with van der Waals surface area (Å²) in [7, 11) is 0. The van der Waals surface area contributed by atoms with Crippen LogP contribution in [0.4, 0.5) is 13.2 Å². The molecule has 0 saturated heterocycles. The second kappa shape index (κ2) is 5.40. The molecule has 6 heteroatoms. The highest BCUT2D eigenvalue weighted by atomic mass is 19.4. The van der Waals surface area contributed by atoms with Gasteiger partial charge >= 0.3 is 12.1 Å². The van der Waals surface area contributed by atoms with E-state index in [1.807, 2.05) is 12.1 Å². The summed E-state index contributed by atoms with van der Waals surface area (Å²) >= 11 is 0. The molecule has 106 valence electrons. The molecule has 0 aromatic heterocycles. The lowest BCUT2D eigenvalue weighted by Gasteiger charge is -2.11. The van der Waals surface area contributed by atoms with Gasteiger partial charge in [0.25, 0.3) is 0 Å². The number of hydrogen-bond donors (Lipinski definition) is 2. The zero-order chi connectivity index (χ0) is 14.8. The lowest BCUT2D eigenvalue weighted by atomic mass is 10.0. The van der Waals surface area contributed by atoms with Crippen LogP contribution in [0.1, 0.15) is 5.56 Å². The minimum atomic E-state index is -4.89. The minimum absolute atomic E-state index is 0.00459. The number of alkyl halides is 3. The molecule has 0 spiro atoms. The van der Waals surface area contributed by atoms with E-state index in [1.54, 1.807) is 23.5 Å². The number of carbonyl (C=O) groups excluding carboxylic acids is 1. The van der Waals surface area contributed by atoms with Gasteiger partial charge in [0.05, 0.1) is 0 Å². The van der Waals surface area contributed by atoms with E-state index in [1.165, 1.54) is 6.07 Å². The van der Waals surface area contributed by atoms with Crippen LogP contribution in [-0.2, 0) is 11.2 Å². The Hall–Kier alpha value is -2.24. The third kappa shape index (κ3) is 3.01. The Morgan fingerprint density at radius 1 is 1.15 bits per heavy atom. The molecule has 2 aromatic carbocycles. The van der Waals surface area contributed by atoms with Crippen molar-refractivity contribution in [3.8, 4) is 5.75 Å². The van der Waals surface area contributed by atoms with E-state index in [0.717, 1.165) is 10.8 Å². The van der Waals surface area contributed by atoms with Crippen molar-refractivity contribution < 1.29 is 23.1 Å². The minimum Gasteiger partial charge on any atom is -0.508 e. The fourth-order valence-corrected chi connectivity index (χ4v) is 1.99. The van der Waals surface area contributed by atoms with E-state index in [9.17, 15) is 23.1 Å². The number of hydrogen-bond acceptors (Lipinski definition) is 2. The first kappa shape index (κ1) is 14.2. The highest BCUT2D eigenvalue weighted by Crippen LogP contribution is 2.27. The molecule has 2 N–H and O–H groups in total. The summed E-state index contributed by atoms with van der Waals surface area (Å²) in [5.74, 6) is -1.97. The van der Waals surface area contributed by atoms with Crippen molar-refractivity contribution in [2.75, 3.05) is 6.54 Å². The molecule has 0 atom stereocenters. The van der Waals surface area contributed by atoms with Crippen LogP contribution in [0, 0.1) is 0 Å². The van der Waals surface area contributed by atoms with Gasteiger partial charge in [0, 0.05) is 12.1 Å². The molecule has 0 aliphatic carbocycles. The molecule has 0 fully saturated rings. The second-order valence-electron chi connectivity index (χ2n) is 4.29. The Labute approximate surface area is 113 Å². The zero-order valence-electron chi connectivity index (χ0n) is 10.4. The molecule has 0 radical (unpaired) electrons. The molecule has 2 rings (SSSR count). The molecule has 3 nitrogen and oxygen atoms in total. The van der Waals surface area contributed by atoms with Crippen LogP contribution in [0.2, 0.25) is 0 Å².